The molecule has 0 aliphatic carbocycles. The Kier molecular flexibility index (Phi) is 5.31. The molecule has 0 fully saturated rings. The molecule has 0 radical (unpaired) electrons. The molecule has 0 aliphatic rings. The first-order chi connectivity index (χ1) is 10.5. The van der Waals surface area contributed by atoms with E-state index in [-0.39, 0.29) is 23.9 Å². The Balaban J connectivity index is 2.06. The Morgan fingerprint density at radius 2 is 1.95 bits per heavy atom. The van der Waals surface area contributed by atoms with Crippen LogP contribution in [-0.2, 0) is 11.3 Å². The molecule has 1 aromatic heterocycles. The van der Waals surface area contributed by atoms with E-state index in [0.29, 0.717) is 16.8 Å². The minimum absolute atomic E-state index is 0.0856. The summed E-state index contributed by atoms with van der Waals surface area (Å²) < 4.78 is 1.57. The van der Waals surface area contributed by atoms with Crippen molar-refractivity contribution in [3.63, 3.8) is 0 Å². The largest absolute Gasteiger partial charge is 0.352 e. The van der Waals surface area contributed by atoms with Gasteiger partial charge in [-0.05, 0) is 37.8 Å². The first-order valence-electron chi connectivity index (χ1n) is 7.71. The number of amides is 1. The summed E-state index contributed by atoms with van der Waals surface area (Å²) in [4.78, 5) is 23.9. The van der Waals surface area contributed by atoms with Gasteiger partial charge in [0, 0.05) is 11.4 Å². The van der Waals surface area contributed by atoms with Crippen LogP contribution >= 0.6 is 0 Å². The topological polar surface area (TPSA) is 64.0 Å². The van der Waals surface area contributed by atoms with Gasteiger partial charge < -0.3 is 5.32 Å². The molecule has 0 saturated heterocycles. The SMILES string of the molecule is CC(C)CCC(C)NC(=O)Cn1ncc(=O)c2ccccc21. The molecule has 5 heteroatoms. The Morgan fingerprint density at radius 1 is 1.23 bits per heavy atom. The van der Waals surface area contributed by atoms with Crippen LogP contribution in [0.2, 0.25) is 0 Å². The van der Waals surface area contributed by atoms with Gasteiger partial charge in [-0.25, -0.2) is 0 Å². The third kappa shape index (κ3) is 4.16. The summed E-state index contributed by atoms with van der Waals surface area (Å²) in [6, 6.07) is 7.34. The van der Waals surface area contributed by atoms with Crippen molar-refractivity contribution in [2.75, 3.05) is 0 Å². The van der Waals surface area contributed by atoms with Gasteiger partial charge in [0.05, 0.1) is 11.7 Å². The van der Waals surface area contributed by atoms with Crippen LogP contribution < -0.4 is 10.7 Å². The summed E-state index contributed by atoms with van der Waals surface area (Å²) in [5.74, 6) is 0.543. The van der Waals surface area contributed by atoms with E-state index < -0.39 is 0 Å². The zero-order valence-corrected chi connectivity index (χ0v) is 13.4. The fraction of sp³-hybridized carbons (Fsp3) is 0.471. The maximum Gasteiger partial charge on any atom is 0.241 e. The lowest BCUT2D eigenvalue weighted by Gasteiger charge is -2.16. The third-order valence-corrected chi connectivity index (χ3v) is 3.64. The zero-order valence-electron chi connectivity index (χ0n) is 13.4. The smallest absolute Gasteiger partial charge is 0.241 e. The van der Waals surface area contributed by atoms with Crippen LogP contribution in [0.3, 0.4) is 0 Å². The number of hydrogen-bond acceptors (Lipinski definition) is 3. The molecule has 2 aromatic rings. The minimum atomic E-state index is -0.127. The quantitative estimate of drug-likeness (QED) is 0.890. The van der Waals surface area contributed by atoms with Gasteiger partial charge in [-0.1, -0.05) is 26.0 Å². The summed E-state index contributed by atoms with van der Waals surface area (Å²) >= 11 is 0. The number of aromatic nitrogens is 2. The summed E-state index contributed by atoms with van der Waals surface area (Å²) in [7, 11) is 0. The second-order valence-corrected chi connectivity index (χ2v) is 6.12. The molecule has 5 nitrogen and oxygen atoms in total. The molecule has 0 saturated carbocycles. The maximum atomic E-state index is 12.1. The number of hydrogen-bond donors (Lipinski definition) is 1. The van der Waals surface area contributed by atoms with Crippen molar-refractivity contribution in [3.8, 4) is 0 Å². The summed E-state index contributed by atoms with van der Waals surface area (Å²) in [5.41, 5.74) is 0.553. The van der Waals surface area contributed by atoms with Crippen molar-refractivity contribution >= 4 is 16.8 Å². The normalized spacial score (nSPS) is 12.5. The Bertz CT molecular complexity index is 706. The molecule has 2 rings (SSSR count). The molecule has 1 unspecified atom stereocenters. The number of nitrogens with one attached hydrogen (secondary N) is 1. The lowest BCUT2D eigenvalue weighted by molar-refractivity contribution is -0.122. The Labute approximate surface area is 130 Å². The molecule has 1 amide bonds. The standard InChI is InChI=1S/C17H23N3O2/c1-12(2)8-9-13(3)19-17(22)11-20-15-7-5-4-6-14(15)16(21)10-18-20/h4-7,10,12-13H,8-9,11H2,1-3H3,(H,19,22). The molecular formula is C17H23N3O2. The molecule has 0 bridgehead atoms. The highest BCUT2D eigenvalue weighted by atomic mass is 16.2. The molecule has 1 heterocycles. The van der Waals surface area contributed by atoms with Gasteiger partial charge in [-0.15, -0.1) is 0 Å². The second kappa shape index (κ2) is 7.20. The van der Waals surface area contributed by atoms with Gasteiger partial charge in [-0.2, -0.15) is 5.10 Å². The van der Waals surface area contributed by atoms with E-state index >= 15 is 0 Å². The number of carbonyl (C=O) groups excluding carboxylic acids is 1. The Morgan fingerprint density at radius 3 is 2.68 bits per heavy atom. The fourth-order valence-corrected chi connectivity index (χ4v) is 2.40. The number of nitrogens with zero attached hydrogens (tertiary/aromatic N) is 2. The number of rotatable bonds is 6. The van der Waals surface area contributed by atoms with Gasteiger partial charge in [0.15, 0.2) is 0 Å². The van der Waals surface area contributed by atoms with Gasteiger partial charge in [-0.3, -0.25) is 14.3 Å². The first kappa shape index (κ1) is 16.2. The number of benzene rings is 1. The van der Waals surface area contributed by atoms with Crippen molar-refractivity contribution < 1.29 is 4.79 Å². The average molecular weight is 301 g/mol. The van der Waals surface area contributed by atoms with Crippen molar-refractivity contribution in [3.05, 3.63) is 40.7 Å². The van der Waals surface area contributed by atoms with Crippen LogP contribution in [0.4, 0.5) is 0 Å². The van der Waals surface area contributed by atoms with E-state index in [1.54, 1.807) is 16.8 Å². The van der Waals surface area contributed by atoms with Crippen molar-refractivity contribution in [2.45, 2.75) is 46.2 Å². The first-order valence-corrected chi connectivity index (χ1v) is 7.71. The average Bonchev–Trinajstić information content (AvgIpc) is 2.48. The summed E-state index contributed by atoms with van der Waals surface area (Å²) in [6.07, 6.45) is 3.31. The highest BCUT2D eigenvalue weighted by Crippen LogP contribution is 2.08. The van der Waals surface area contributed by atoms with E-state index in [1.807, 2.05) is 19.1 Å². The molecule has 22 heavy (non-hydrogen) atoms. The number of carbonyl (C=O) groups is 1. The highest BCUT2D eigenvalue weighted by Gasteiger charge is 2.11. The lowest BCUT2D eigenvalue weighted by atomic mass is 10.0. The van der Waals surface area contributed by atoms with Crippen molar-refractivity contribution in [2.24, 2.45) is 5.92 Å². The molecule has 118 valence electrons. The fourth-order valence-electron chi connectivity index (χ4n) is 2.40. The zero-order chi connectivity index (χ0) is 16.1. The van der Waals surface area contributed by atoms with Gasteiger partial charge in [0.2, 0.25) is 11.3 Å². The van der Waals surface area contributed by atoms with Crippen LogP contribution in [0.1, 0.15) is 33.6 Å². The van der Waals surface area contributed by atoms with E-state index in [1.165, 1.54) is 6.20 Å². The molecule has 1 N–H and O–H groups in total. The van der Waals surface area contributed by atoms with Gasteiger partial charge in [0.25, 0.3) is 0 Å². The van der Waals surface area contributed by atoms with E-state index in [0.717, 1.165) is 12.8 Å². The van der Waals surface area contributed by atoms with Crippen molar-refractivity contribution in [1.82, 2.24) is 15.1 Å². The van der Waals surface area contributed by atoms with E-state index in [2.05, 4.69) is 24.3 Å². The summed E-state index contributed by atoms with van der Waals surface area (Å²) in [6.45, 7) is 6.47. The maximum absolute atomic E-state index is 12.1. The van der Waals surface area contributed by atoms with Gasteiger partial charge >= 0.3 is 0 Å². The van der Waals surface area contributed by atoms with Gasteiger partial charge in [0.1, 0.15) is 6.54 Å². The second-order valence-electron chi connectivity index (χ2n) is 6.12. The molecular weight excluding hydrogens is 278 g/mol. The lowest BCUT2D eigenvalue weighted by Crippen LogP contribution is -2.36. The monoisotopic (exact) mass is 301 g/mol. The van der Waals surface area contributed by atoms with E-state index in [4.69, 9.17) is 0 Å². The molecule has 1 atom stereocenters. The van der Waals surface area contributed by atoms with Crippen molar-refractivity contribution in [1.29, 1.82) is 0 Å². The van der Waals surface area contributed by atoms with Crippen LogP contribution in [-0.4, -0.2) is 21.7 Å². The van der Waals surface area contributed by atoms with Crippen LogP contribution in [0, 0.1) is 5.92 Å². The third-order valence-electron chi connectivity index (χ3n) is 3.64. The molecule has 1 aromatic carbocycles. The molecule has 0 aliphatic heterocycles. The van der Waals surface area contributed by atoms with Crippen LogP contribution in [0.25, 0.3) is 10.9 Å². The van der Waals surface area contributed by atoms with E-state index in [9.17, 15) is 9.59 Å². The predicted octanol–water partition coefficient (Wildman–Crippen LogP) is 2.34. The minimum Gasteiger partial charge on any atom is -0.352 e. The van der Waals surface area contributed by atoms with Crippen LogP contribution in [0.15, 0.2) is 35.3 Å². The molecule has 0 spiro atoms. The predicted molar refractivity (Wildman–Crippen MR) is 87.7 cm³/mol. The van der Waals surface area contributed by atoms with Crippen LogP contribution in [0.5, 0.6) is 0 Å². The summed E-state index contributed by atoms with van der Waals surface area (Å²) in [5, 5.41) is 7.64. The highest BCUT2D eigenvalue weighted by molar-refractivity contribution is 5.81. The number of fused-ring (bicyclic) bond motifs is 1. The number of para-hydroxylation sites is 1. The Hall–Kier alpha value is -2.17.